The van der Waals surface area contributed by atoms with E-state index in [2.05, 4.69) is 5.32 Å². The van der Waals surface area contributed by atoms with Gasteiger partial charge in [0.05, 0.1) is 13.7 Å². The number of piperidine rings is 1. The van der Waals surface area contributed by atoms with E-state index in [0.717, 1.165) is 5.56 Å². The number of carbonyl (C=O) groups is 1. The minimum atomic E-state index is -3.65. The monoisotopic (exact) mass is 384 g/mol. The van der Waals surface area contributed by atoms with E-state index in [9.17, 15) is 13.2 Å². The molecule has 1 saturated heterocycles. The second-order valence-corrected chi connectivity index (χ2v) is 8.60. The average molecular weight is 384 g/mol. The Labute approximate surface area is 155 Å². The molecule has 0 aromatic heterocycles. The second-order valence-electron chi connectivity index (χ2n) is 6.70. The summed E-state index contributed by atoms with van der Waals surface area (Å²) < 4.78 is 37.7. The molecule has 2 rings (SSSR count). The first kappa shape index (κ1) is 20.7. The van der Waals surface area contributed by atoms with Crippen molar-refractivity contribution in [3.05, 3.63) is 23.8 Å². The van der Waals surface area contributed by atoms with E-state index in [1.807, 2.05) is 19.9 Å². The lowest BCUT2D eigenvalue weighted by atomic mass is 9.97. The summed E-state index contributed by atoms with van der Waals surface area (Å²) in [5, 5.41) is 2.91. The van der Waals surface area contributed by atoms with E-state index >= 15 is 0 Å². The second kappa shape index (κ2) is 8.83. The van der Waals surface area contributed by atoms with Gasteiger partial charge < -0.3 is 14.8 Å². The van der Waals surface area contributed by atoms with Gasteiger partial charge in [0.25, 0.3) is 0 Å². The molecule has 0 radical (unpaired) electrons. The van der Waals surface area contributed by atoms with Gasteiger partial charge in [-0.1, -0.05) is 6.07 Å². The summed E-state index contributed by atoms with van der Waals surface area (Å²) in [6.45, 7) is 4.81. The molecule has 0 aliphatic carbocycles. The van der Waals surface area contributed by atoms with Crippen molar-refractivity contribution in [1.82, 2.24) is 9.62 Å². The highest BCUT2D eigenvalue weighted by molar-refractivity contribution is 7.89. The molecule has 1 amide bonds. The fourth-order valence-corrected chi connectivity index (χ4v) is 4.85. The molecule has 0 saturated carbocycles. The summed E-state index contributed by atoms with van der Waals surface area (Å²) >= 11 is 0. The number of ether oxygens (including phenoxy) is 2. The maximum Gasteiger partial charge on any atom is 0.246 e. The Bertz CT molecular complexity index is 727. The molecule has 26 heavy (non-hydrogen) atoms. The molecule has 146 valence electrons. The smallest absolute Gasteiger partial charge is 0.246 e. The highest BCUT2D eigenvalue weighted by atomic mass is 32.2. The predicted molar refractivity (Wildman–Crippen MR) is 98.7 cm³/mol. The van der Waals surface area contributed by atoms with E-state index in [0.29, 0.717) is 38.3 Å². The van der Waals surface area contributed by atoms with Gasteiger partial charge in [-0.2, -0.15) is 4.31 Å². The van der Waals surface area contributed by atoms with Crippen LogP contribution < -0.4 is 10.1 Å². The molecule has 1 aromatic carbocycles. The summed E-state index contributed by atoms with van der Waals surface area (Å²) in [5.41, 5.74) is 0.853. The molecule has 1 heterocycles. The van der Waals surface area contributed by atoms with Crippen molar-refractivity contribution in [1.29, 1.82) is 0 Å². The van der Waals surface area contributed by atoms with E-state index in [-0.39, 0.29) is 22.8 Å². The fourth-order valence-electron chi connectivity index (χ4n) is 3.14. The SMILES string of the molecule is COCC(C)NC(=O)C1CCN(S(=O)(=O)c2cc(C)ccc2OC)CC1. The average Bonchev–Trinajstić information content (AvgIpc) is 2.62. The summed E-state index contributed by atoms with van der Waals surface area (Å²) in [7, 11) is -0.603. The van der Waals surface area contributed by atoms with E-state index in [1.54, 1.807) is 19.2 Å². The number of amides is 1. The van der Waals surface area contributed by atoms with Crippen molar-refractivity contribution < 1.29 is 22.7 Å². The number of nitrogens with one attached hydrogen (secondary N) is 1. The standard InChI is InChI=1S/C18H28N2O5S/c1-13-5-6-16(25-4)17(11-13)26(22,23)20-9-7-15(8-10-20)18(21)19-14(2)12-24-3/h5-6,11,14-15H,7-10,12H2,1-4H3,(H,19,21). The zero-order chi connectivity index (χ0) is 19.3. The number of hydrogen-bond donors (Lipinski definition) is 1. The van der Waals surface area contributed by atoms with Gasteiger partial charge in [-0.05, 0) is 44.4 Å². The summed E-state index contributed by atoms with van der Waals surface area (Å²) in [6, 6.07) is 5.04. The van der Waals surface area contributed by atoms with Gasteiger partial charge >= 0.3 is 0 Å². The Hall–Kier alpha value is -1.64. The lowest BCUT2D eigenvalue weighted by molar-refractivity contribution is -0.127. The van der Waals surface area contributed by atoms with Crippen LogP contribution in [0.25, 0.3) is 0 Å². The maximum absolute atomic E-state index is 13.0. The molecular weight excluding hydrogens is 356 g/mol. The van der Waals surface area contributed by atoms with Crippen LogP contribution >= 0.6 is 0 Å². The summed E-state index contributed by atoms with van der Waals surface area (Å²) in [4.78, 5) is 12.5. The van der Waals surface area contributed by atoms with Gasteiger partial charge in [-0.3, -0.25) is 4.79 Å². The third-order valence-electron chi connectivity index (χ3n) is 4.57. The van der Waals surface area contributed by atoms with Gasteiger partial charge in [0.15, 0.2) is 0 Å². The Balaban J connectivity index is 2.05. The van der Waals surface area contributed by atoms with Crippen molar-refractivity contribution >= 4 is 15.9 Å². The molecule has 1 aliphatic rings. The van der Waals surface area contributed by atoms with Gasteiger partial charge in [0.2, 0.25) is 15.9 Å². The molecule has 8 heteroatoms. The zero-order valence-corrected chi connectivity index (χ0v) is 16.6. The van der Waals surface area contributed by atoms with E-state index in [1.165, 1.54) is 11.4 Å². The van der Waals surface area contributed by atoms with Crippen LogP contribution in [-0.2, 0) is 19.6 Å². The number of rotatable bonds is 7. The minimum absolute atomic E-state index is 0.0419. The topological polar surface area (TPSA) is 84.9 Å². The molecule has 0 bridgehead atoms. The van der Waals surface area contributed by atoms with Crippen LogP contribution in [0.15, 0.2) is 23.1 Å². The molecule has 1 fully saturated rings. The molecule has 1 aromatic rings. The molecule has 1 N–H and O–H groups in total. The van der Waals surface area contributed by atoms with E-state index < -0.39 is 10.0 Å². The maximum atomic E-state index is 13.0. The Morgan fingerprint density at radius 3 is 2.54 bits per heavy atom. The van der Waals surface area contributed by atoms with Crippen LogP contribution in [0, 0.1) is 12.8 Å². The number of aryl methyl sites for hydroxylation is 1. The van der Waals surface area contributed by atoms with Gasteiger partial charge in [0, 0.05) is 32.2 Å². The minimum Gasteiger partial charge on any atom is -0.495 e. The van der Waals surface area contributed by atoms with Crippen LogP contribution in [0.2, 0.25) is 0 Å². The Kier molecular flexibility index (Phi) is 7.02. The van der Waals surface area contributed by atoms with Crippen LogP contribution in [0.3, 0.4) is 0 Å². The lowest BCUT2D eigenvalue weighted by Gasteiger charge is -2.31. The molecule has 1 atom stereocenters. The largest absolute Gasteiger partial charge is 0.495 e. The number of benzene rings is 1. The number of carbonyl (C=O) groups excluding carboxylic acids is 1. The predicted octanol–water partition coefficient (Wildman–Crippen LogP) is 1.56. The first-order chi connectivity index (χ1) is 12.3. The Morgan fingerprint density at radius 2 is 1.96 bits per heavy atom. The van der Waals surface area contributed by atoms with Gasteiger partial charge in [-0.25, -0.2) is 8.42 Å². The fraction of sp³-hybridized carbons (Fsp3) is 0.611. The van der Waals surface area contributed by atoms with Gasteiger partial charge in [-0.15, -0.1) is 0 Å². The highest BCUT2D eigenvalue weighted by Gasteiger charge is 2.34. The first-order valence-electron chi connectivity index (χ1n) is 8.73. The quantitative estimate of drug-likeness (QED) is 0.771. The zero-order valence-electron chi connectivity index (χ0n) is 15.8. The van der Waals surface area contributed by atoms with Gasteiger partial charge in [0.1, 0.15) is 10.6 Å². The number of nitrogens with zero attached hydrogens (tertiary/aromatic N) is 1. The lowest BCUT2D eigenvalue weighted by Crippen LogP contribution is -2.45. The van der Waals surface area contributed by atoms with Crippen LogP contribution in [-0.4, -0.2) is 58.6 Å². The third-order valence-corrected chi connectivity index (χ3v) is 6.49. The normalized spacial score (nSPS) is 17.7. The molecule has 0 spiro atoms. The highest BCUT2D eigenvalue weighted by Crippen LogP contribution is 2.30. The molecule has 1 aliphatic heterocycles. The summed E-state index contributed by atoms with van der Waals surface area (Å²) in [5.74, 6) is 0.115. The van der Waals surface area contributed by atoms with Crippen molar-refractivity contribution in [2.75, 3.05) is 33.9 Å². The van der Waals surface area contributed by atoms with Crippen molar-refractivity contribution in [2.45, 2.75) is 37.6 Å². The van der Waals surface area contributed by atoms with Crippen molar-refractivity contribution in [2.24, 2.45) is 5.92 Å². The van der Waals surface area contributed by atoms with Crippen molar-refractivity contribution in [3.8, 4) is 5.75 Å². The number of methoxy groups -OCH3 is 2. The van der Waals surface area contributed by atoms with Crippen molar-refractivity contribution in [3.63, 3.8) is 0 Å². The Morgan fingerprint density at radius 1 is 1.31 bits per heavy atom. The first-order valence-corrected chi connectivity index (χ1v) is 10.2. The number of sulfonamides is 1. The van der Waals surface area contributed by atoms with Crippen LogP contribution in [0.5, 0.6) is 5.75 Å². The number of hydrogen-bond acceptors (Lipinski definition) is 5. The van der Waals surface area contributed by atoms with E-state index in [4.69, 9.17) is 9.47 Å². The summed E-state index contributed by atoms with van der Waals surface area (Å²) in [6.07, 6.45) is 0.998. The van der Waals surface area contributed by atoms with Crippen LogP contribution in [0.1, 0.15) is 25.3 Å². The molecular formula is C18H28N2O5S. The molecule has 7 nitrogen and oxygen atoms in total. The third kappa shape index (κ3) is 4.75. The van der Waals surface area contributed by atoms with Crippen LogP contribution in [0.4, 0.5) is 0 Å². The molecule has 1 unspecified atom stereocenters.